The summed E-state index contributed by atoms with van der Waals surface area (Å²) in [6.07, 6.45) is 2.77. The van der Waals surface area contributed by atoms with Crippen molar-refractivity contribution in [3.05, 3.63) is 34.6 Å². The SMILES string of the molecule is NC1(c2cc(Cl)ccc2F)CCC1. The topological polar surface area (TPSA) is 26.0 Å². The molecule has 1 aliphatic rings. The molecule has 3 heteroatoms. The first-order valence-corrected chi connectivity index (χ1v) is 4.74. The van der Waals surface area contributed by atoms with Gasteiger partial charge >= 0.3 is 0 Å². The molecule has 0 atom stereocenters. The molecule has 0 heterocycles. The quantitative estimate of drug-likeness (QED) is 0.740. The van der Waals surface area contributed by atoms with Crippen LogP contribution in [0, 0.1) is 5.82 Å². The second kappa shape index (κ2) is 2.96. The van der Waals surface area contributed by atoms with Crippen molar-refractivity contribution in [2.75, 3.05) is 0 Å². The van der Waals surface area contributed by atoms with Gasteiger partial charge in [-0.25, -0.2) is 4.39 Å². The number of nitrogens with two attached hydrogens (primary N) is 1. The van der Waals surface area contributed by atoms with E-state index in [0.29, 0.717) is 10.6 Å². The molecule has 2 rings (SSSR count). The zero-order valence-electron chi connectivity index (χ0n) is 7.19. The lowest BCUT2D eigenvalue weighted by atomic mass is 9.72. The van der Waals surface area contributed by atoms with E-state index in [-0.39, 0.29) is 5.82 Å². The molecule has 0 amide bonds. The lowest BCUT2D eigenvalue weighted by Gasteiger charge is -2.38. The van der Waals surface area contributed by atoms with Gasteiger partial charge in [0.05, 0.1) is 0 Å². The van der Waals surface area contributed by atoms with E-state index in [1.165, 1.54) is 6.07 Å². The van der Waals surface area contributed by atoms with Gasteiger partial charge in [0, 0.05) is 16.1 Å². The molecule has 13 heavy (non-hydrogen) atoms. The number of halogens is 2. The van der Waals surface area contributed by atoms with Crippen LogP contribution in [0.5, 0.6) is 0 Å². The fraction of sp³-hybridized carbons (Fsp3) is 0.400. The summed E-state index contributed by atoms with van der Waals surface area (Å²) in [6, 6.07) is 4.56. The second-order valence-electron chi connectivity index (χ2n) is 3.63. The molecule has 1 fully saturated rings. The molecule has 1 aromatic carbocycles. The van der Waals surface area contributed by atoms with Crippen LogP contribution in [0.25, 0.3) is 0 Å². The van der Waals surface area contributed by atoms with E-state index in [2.05, 4.69) is 0 Å². The van der Waals surface area contributed by atoms with Gasteiger partial charge in [0.25, 0.3) is 0 Å². The lowest BCUT2D eigenvalue weighted by Crippen LogP contribution is -2.44. The summed E-state index contributed by atoms with van der Waals surface area (Å²) in [5, 5.41) is 0.549. The van der Waals surface area contributed by atoms with Crippen LogP contribution in [-0.4, -0.2) is 0 Å². The molecule has 1 aromatic rings. The Labute approximate surface area is 81.7 Å². The third-order valence-electron chi connectivity index (χ3n) is 2.71. The van der Waals surface area contributed by atoms with E-state index < -0.39 is 5.54 Å². The minimum absolute atomic E-state index is 0.244. The predicted octanol–water partition coefficient (Wildman–Crippen LogP) is 2.82. The van der Waals surface area contributed by atoms with E-state index >= 15 is 0 Å². The molecule has 0 saturated heterocycles. The monoisotopic (exact) mass is 199 g/mol. The zero-order valence-corrected chi connectivity index (χ0v) is 7.94. The maximum atomic E-state index is 13.3. The van der Waals surface area contributed by atoms with Crippen molar-refractivity contribution in [3.63, 3.8) is 0 Å². The minimum Gasteiger partial charge on any atom is -0.321 e. The Morgan fingerprint density at radius 2 is 2.08 bits per heavy atom. The molecular weight excluding hydrogens is 189 g/mol. The summed E-state index contributed by atoms with van der Waals surface area (Å²) in [6.45, 7) is 0. The second-order valence-corrected chi connectivity index (χ2v) is 4.07. The van der Waals surface area contributed by atoms with E-state index in [1.807, 2.05) is 0 Å². The van der Waals surface area contributed by atoms with Gasteiger partial charge in [0.1, 0.15) is 5.82 Å². The Morgan fingerprint density at radius 1 is 1.38 bits per heavy atom. The maximum Gasteiger partial charge on any atom is 0.128 e. The van der Waals surface area contributed by atoms with Gasteiger partial charge in [0.15, 0.2) is 0 Å². The molecule has 0 radical (unpaired) electrons. The largest absolute Gasteiger partial charge is 0.321 e. The van der Waals surface area contributed by atoms with Gasteiger partial charge in [-0.2, -0.15) is 0 Å². The van der Waals surface area contributed by atoms with Gasteiger partial charge in [-0.1, -0.05) is 11.6 Å². The van der Waals surface area contributed by atoms with Crippen molar-refractivity contribution >= 4 is 11.6 Å². The highest BCUT2D eigenvalue weighted by Gasteiger charge is 2.36. The Kier molecular flexibility index (Phi) is 2.05. The Balaban J connectivity index is 2.43. The van der Waals surface area contributed by atoms with Crippen molar-refractivity contribution in [2.45, 2.75) is 24.8 Å². The Bertz CT molecular complexity index is 334. The number of benzene rings is 1. The standard InChI is InChI=1S/C10H11ClFN/c11-7-2-3-9(12)8(6-7)10(13)4-1-5-10/h2-3,6H,1,4-5,13H2. The number of hydrogen-bond acceptors (Lipinski definition) is 1. The van der Waals surface area contributed by atoms with Crippen molar-refractivity contribution in [3.8, 4) is 0 Å². The van der Waals surface area contributed by atoms with E-state index in [0.717, 1.165) is 19.3 Å². The van der Waals surface area contributed by atoms with Crippen LogP contribution >= 0.6 is 11.6 Å². The summed E-state index contributed by atoms with van der Waals surface area (Å²) >= 11 is 5.78. The highest BCUT2D eigenvalue weighted by Crippen LogP contribution is 2.40. The normalized spacial score (nSPS) is 19.6. The zero-order chi connectivity index (χ0) is 9.47. The molecule has 1 saturated carbocycles. The highest BCUT2D eigenvalue weighted by atomic mass is 35.5. The van der Waals surface area contributed by atoms with Gasteiger partial charge in [0.2, 0.25) is 0 Å². The van der Waals surface area contributed by atoms with E-state index in [1.54, 1.807) is 12.1 Å². The Hall–Kier alpha value is -0.600. The molecule has 0 aliphatic heterocycles. The van der Waals surface area contributed by atoms with Crippen molar-refractivity contribution in [2.24, 2.45) is 5.73 Å². The molecular formula is C10H11ClFN. The molecule has 0 bridgehead atoms. The summed E-state index contributed by atoms with van der Waals surface area (Å²) in [5.41, 5.74) is 6.09. The fourth-order valence-corrected chi connectivity index (χ4v) is 1.88. The van der Waals surface area contributed by atoms with Crippen molar-refractivity contribution < 1.29 is 4.39 Å². The average Bonchev–Trinajstić information content (AvgIpc) is 2.05. The number of rotatable bonds is 1. The van der Waals surface area contributed by atoms with Gasteiger partial charge in [-0.05, 0) is 37.5 Å². The first kappa shape index (κ1) is 8.97. The van der Waals surface area contributed by atoms with Crippen molar-refractivity contribution in [1.29, 1.82) is 0 Å². The van der Waals surface area contributed by atoms with Crippen molar-refractivity contribution in [1.82, 2.24) is 0 Å². The molecule has 0 aromatic heterocycles. The van der Waals surface area contributed by atoms with Crippen LogP contribution < -0.4 is 5.73 Å². The predicted molar refractivity (Wildman–Crippen MR) is 51.1 cm³/mol. The van der Waals surface area contributed by atoms with Crippen LogP contribution in [0.3, 0.4) is 0 Å². The lowest BCUT2D eigenvalue weighted by molar-refractivity contribution is 0.245. The fourth-order valence-electron chi connectivity index (χ4n) is 1.71. The Morgan fingerprint density at radius 3 is 2.62 bits per heavy atom. The molecule has 2 N–H and O–H groups in total. The molecule has 0 spiro atoms. The maximum absolute atomic E-state index is 13.3. The van der Waals surface area contributed by atoms with E-state index in [9.17, 15) is 4.39 Å². The van der Waals surface area contributed by atoms with Crippen LogP contribution in [0.15, 0.2) is 18.2 Å². The summed E-state index contributed by atoms with van der Waals surface area (Å²) in [7, 11) is 0. The smallest absolute Gasteiger partial charge is 0.128 e. The van der Waals surface area contributed by atoms with Gasteiger partial charge in [-0.15, -0.1) is 0 Å². The molecule has 70 valence electrons. The van der Waals surface area contributed by atoms with Gasteiger partial charge in [-0.3, -0.25) is 0 Å². The summed E-state index contributed by atoms with van der Waals surface area (Å²) in [4.78, 5) is 0. The molecule has 1 nitrogen and oxygen atoms in total. The third-order valence-corrected chi connectivity index (χ3v) is 2.95. The molecule has 0 unspecified atom stereocenters. The summed E-state index contributed by atoms with van der Waals surface area (Å²) < 4.78 is 13.3. The first-order valence-electron chi connectivity index (χ1n) is 4.36. The summed E-state index contributed by atoms with van der Waals surface area (Å²) in [5.74, 6) is -0.244. The first-order chi connectivity index (χ1) is 6.12. The van der Waals surface area contributed by atoms with Crippen LogP contribution in [0.4, 0.5) is 4.39 Å². The highest BCUT2D eigenvalue weighted by molar-refractivity contribution is 6.30. The van der Waals surface area contributed by atoms with Crippen LogP contribution in [-0.2, 0) is 5.54 Å². The van der Waals surface area contributed by atoms with Crippen LogP contribution in [0.1, 0.15) is 24.8 Å². The van der Waals surface area contributed by atoms with Gasteiger partial charge < -0.3 is 5.73 Å². The number of hydrogen-bond donors (Lipinski definition) is 1. The van der Waals surface area contributed by atoms with E-state index in [4.69, 9.17) is 17.3 Å². The minimum atomic E-state index is -0.463. The third kappa shape index (κ3) is 1.45. The average molecular weight is 200 g/mol. The van der Waals surface area contributed by atoms with Crippen LogP contribution in [0.2, 0.25) is 5.02 Å². The molecule has 1 aliphatic carbocycles.